The summed E-state index contributed by atoms with van der Waals surface area (Å²) in [6.07, 6.45) is 0. The van der Waals surface area contributed by atoms with Crippen molar-refractivity contribution in [2.24, 2.45) is 0 Å². The minimum Gasteiger partial charge on any atom is -0.465 e. The second-order valence-corrected chi connectivity index (χ2v) is 13.9. The molecule has 0 aliphatic heterocycles. The molecule has 25 heavy (non-hydrogen) atoms. The first kappa shape index (κ1) is 19.9. The van der Waals surface area contributed by atoms with Crippen molar-refractivity contribution in [3.63, 3.8) is 0 Å². The fourth-order valence-electron chi connectivity index (χ4n) is 2.49. The number of fused-ring (bicyclic) bond motifs is 1. The van der Waals surface area contributed by atoms with E-state index >= 15 is 0 Å². The van der Waals surface area contributed by atoms with Crippen LogP contribution < -0.4 is 4.90 Å². The van der Waals surface area contributed by atoms with Gasteiger partial charge >= 0.3 is 5.97 Å². The summed E-state index contributed by atoms with van der Waals surface area (Å²) in [7, 11) is 4.08. The number of hydrogen-bond acceptors (Lipinski definition) is 5. The molecular formula is C17H26BrN3O3Si. The van der Waals surface area contributed by atoms with Crippen LogP contribution in [0.5, 0.6) is 0 Å². The van der Waals surface area contributed by atoms with Crippen molar-refractivity contribution in [1.29, 1.82) is 0 Å². The van der Waals surface area contributed by atoms with Gasteiger partial charge in [-0.25, -0.2) is 9.78 Å². The maximum absolute atomic E-state index is 12.2. The summed E-state index contributed by atoms with van der Waals surface area (Å²) in [5.74, 6) is 0.353. The Morgan fingerprint density at radius 3 is 2.56 bits per heavy atom. The highest BCUT2D eigenvalue weighted by molar-refractivity contribution is 9.10. The molecule has 0 saturated heterocycles. The van der Waals surface area contributed by atoms with Gasteiger partial charge in [0.1, 0.15) is 6.73 Å². The highest BCUT2D eigenvalue weighted by Gasteiger charge is 2.21. The van der Waals surface area contributed by atoms with E-state index in [1.54, 1.807) is 6.07 Å². The van der Waals surface area contributed by atoms with E-state index in [4.69, 9.17) is 9.47 Å². The van der Waals surface area contributed by atoms with Crippen LogP contribution in [0.25, 0.3) is 11.0 Å². The van der Waals surface area contributed by atoms with Gasteiger partial charge in [-0.05, 0) is 18.2 Å². The molecule has 0 aliphatic carbocycles. The molecule has 0 fully saturated rings. The fourth-order valence-corrected chi connectivity index (χ4v) is 3.69. The van der Waals surface area contributed by atoms with Crippen LogP contribution in [0.4, 0.5) is 5.95 Å². The number of halogens is 1. The smallest absolute Gasteiger partial charge is 0.340 e. The van der Waals surface area contributed by atoms with Gasteiger partial charge in [0, 0.05) is 33.2 Å². The zero-order chi connectivity index (χ0) is 18.8. The van der Waals surface area contributed by atoms with Gasteiger partial charge in [-0.3, -0.25) is 4.57 Å². The monoisotopic (exact) mass is 427 g/mol. The average molecular weight is 428 g/mol. The first-order valence-corrected chi connectivity index (χ1v) is 12.7. The largest absolute Gasteiger partial charge is 0.465 e. The molecule has 0 aliphatic rings. The quantitative estimate of drug-likeness (QED) is 0.380. The predicted molar refractivity (Wildman–Crippen MR) is 107 cm³/mol. The second kappa shape index (κ2) is 7.88. The fraction of sp³-hybridized carbons (Fsp3) is 0.529. The van der Waals surface area contributed by atoms with E-state index in [-0.39, 0.29) is 5.97 Å². The number of ether oxygens (including phenoxy) is 2. The lowest BCUT2D eigenvalue weighted by Gasteiger charge is -2.18. The van der Waals surface area contributed by atoms with Gasteiger partial charge in [0.25, 0.3) is 0 Å². The van der Waals surface area contributed by atoms with Crippen LogP contribution >= 0.6 is 15.9 Å². The number of anilines is 1. The predicted octanol–water partition coefficient (Wildman–Crippen LogP) is 3.96. The Bertz CT molecular complexity index is 769. The Balaban J connectivity index is 2.44. The number of aromatic nitrogens is 2. The molecule has 6 nitrogen and oxygen atoms in total. The maximum Gasteiger partial charge on any atom is 0.340 e. The number of nitrogens with zero attached hydrogens (tertiary/aromatic N) is 3. The standard InChI is InChI=1S/C17H26BrN3O3Si/c1-20(2)17-19-14-10-12(18)9-13(16(22)23-3)15(14)21(17)11-24-7-8-25(4,5)6/h9-10H,7-8,11H2,1-6H3. The van der Waals surface area contributed by atoms with E-state index in [0.29, 0.717) is 18.9 Å². The molecule has 0 amide bonds. The molecule has 1 aromatic carbocycles. The number of carbonyl (C=O) groups is 1. The molecular weight excluding hydrogens is 402 g/mol. The SMILES string of the molecule is COC(=O)c1cc(Br)cc2nc(N(C)C)n(COCC[Si](C)(C)C)c12. The van der Waals surface area contributed by atoms with Crippen molar-refractivity contribution in [2.75, 3.05) is 32.7 Å². The molecule has 0 spiro atoms. The normalized spacial score (nSPS) is 11.8. The van der Waals surface area contributed by atoms with Gasteiger partial charge in [0.15, 0.2) is 0 Å². The van der Waals surface area contributed by atoms with Crippen molar-refractivity contribution in [2.45, 2.75) is 32.4 Å². The second-order valence-electron chi connectivity index (χ2n) is 7.39. The molecule has 1 aromatic heterocycles. The minimum atomic E-state index is -1.15. The molecule has 0 unspecified atom stereocenters. The molecule has 0 N–H and O–H groups in total. The molecule has 0 bridgehead atoms. The number of methoxy groups -OCH3 is 1. The zero-order valence-electron chi connectivity index (χ0n) is 15.7. The van der Waals surface area contributed by atoms with E-state index in [9.17, 15) is 4.79 Å². The first-order valence-electron chi connectivity index (χ1n) is 8.17. The molecule has 0 radical (unpaired) electrons. The van der Waals surface area contributed by atoms with E-state index in [1.807, 2.05) is 29.6 Å². The summed E-state index contributed by atoms with van der Waals surface area (Å²) < 4.78 is 13.6. The maximum atomic E-state index is 12.2. The zero-order valence-corrected chi connectivity index (χ0v) is 18.3. The highest BCUT2D eigenvalue weighted by atomic mass is 79.9. The van der Waals surface area contributed by atoms with Gasteiger partial charge in [-0.2, -0.15) is 0 Å². The summed E-state index contributed by atoms with van der Waals surface area (Å²) in [5.41, 5.74) is 1.93. The molecule has 0 saturated carbocycles. The van der Waals surface area contributed by atoms with Gasteiger partial charge in [-0.1, -0.05) is 35.6 Å². The topological polar surface area (TPSA) is 56.6 Å². The lowest BCUT2D eigenvalue weighted by atomic mass is 10.2. The Kier molecular flexibility index (Phi) is 6.29. The molecule has 138 valence electrons. The number of imidazole rings is 1. The third kappa shape index (κ3) is 4.83. The van der Waals surface area contributed by atoms with E-state index in [1.165, 1.54) is 7.11 Å². The molecule has 2 rings (SSSR count). The van der Waals surface area contributed by atoms with E-state index in [0.717, 1.165) is 27.5 Å². The third-order valence-corrected chi connectivity index (χ3v) is 5.97. The van der Waals surface area contributed by atoms with Crippen LogP contribution in [0.3, 0.4) is 0 Å². The summed E-state index contributed by atoms with van der Waals surface area (Å²) in [4.78, 5) is 18.8. The third-order valence-electron chi connectivity index (χ3n) is 3.81. The summed E-state index contributed by atoms with van der Waals surface area (Å²) in [6, 6.07) is 4.74. The highest BCUT2D eigenvalue weighted by Crippen LogP contribution is 2.29. The average Bonchev–Trinajstić information content (AvgIpc) is 2.87. The van der Waals surface area contributed by atoms with E-state index < -0.39 is 8.07 Å². The first-order chi connectivity index (χ1) is 11.6. The number of carbonyl (C=O) groups excluding carboxylic acids is 1. The van der Waals surface area contributed by atoms with Crippen LogP contribution in [-0.4, -0.2) is 51.4 Å². The molecule has 2 aromatic rings. The Hall–Kier alpha value is -1.38. The number of benzene rings is 1. The molecule has 8 heteroatoms. The summed E-state index contributed by atoms with van der Waals surface area (Å²) >= 11 is 3.44. The van der Waals surface area contributed by atoms with Crippen molar-refractivity contribution in [1.82, 2.24) is 9.55 Å². The van der Waals surface area contributed by atoms with Crippen molar-refractivity contribution < 1.29 is 14.3 Å². The van der Waals surface area contributed by atoms with Crippen LogP contribution in [0.15, 0.2) is 16.6 Å². The van der Waals surface area contributed by atoms with Crippen LogP contribution in [0.2, 0.25) is 25.7 Å². The summed E-state index contributed by atoms with van der Waals surface area (Å²) in [6.45, 7) is 8.01. The van der Waals surface area contributed by atoms with Crippen molar-refractivity contribution in [3.8, 4) is 0 Å². The molecule has 1 heterocycles. The van der Waals surface area contributed by atoms with Gasteiger partial charge in [0.2, 0.25) is 5.95 Å². The van der Waals surface area contributed by atoms with Crippen molar-refractivity contribution in [3.05, 3.63) is 22.2 Å². The number of rotatable bonds is 7. The lowest BCUT2D eigenvalue weighted by molar-refractivity contribution is 0.0601. The summed E-state index contributed by atoms with van der Waals surface area (Å²) in [5, 5.41) is 0. The Morgan fingerprint density at radius 2 is 2.00 bits per heavy atom. The Labute approximate surface area is 158 Å². The number of hydrogen-bond donors (Lipinski definition) is 0. The van der Waals surface area contributed by atoms with Gasteiger partial charge < -0.3 is 14.4 Å². The van der Waals surface area contributed by atoms with Crippen LogP contribution in [0.1, 0.15) is 10.4 Å². The minimum absolute atomic E-state index is 0.347. The Morgan fingerprint density at radius 1 is 1.32 bits per heavy atom. The van der Waals surface area contributed by atoms with Crippen LogP contribution in [-0.2, 0) is 16.2 Å². The lowest BCUT2D eigenvalue weighted by Crippen LogP contribution is -2.22. The van der Waals surface area contributed by atoms with Crippen LogP contribution in [0, 0.1) is 0 Å². The van der Waals surface area contributed by atoms with Gasteiger partial charge in [0.05, 0.1) is 23.7 Å². The molecule has 0 atom stereocenters. The van der Waals surface area contributed by atoms with E-state index in [2.05, 4.69) is 40.6 Å². The van der Waals surface area contributed by atoms with Gasteiger partial charge in [-0.15, -0.1) is 0 Å². The number of esters is 1. The van der Waals surface area contributed by atoms with Crippen molar-refractivity contribution >= 4 is 47.0 Å².